The summed E-state index contributed by atoms with van der Waals surface area (Å²) in [5, 5.41) is 0. The van der Waals surface area contributed by atoms with Gasteiger partial charge in [0, 0.05) is 6.54 Å². The molecule has 0 saturated carbocycles. The van der Waals surface area contributed by atoms with E-state index in [9.17, 15) is 22.0 Å². The molecular weight excluding hydrogens is 326 g/mol. The monoisotopic (exact) mass is 344 g/mol. The Kier molecular flexibility index (Phi) is 4.86. The molecule has 1 aromatic carbocycles. The Morgan fingerprint density at radius 1 is 1.43 bits per heavy atom. The molecule has 2 rings (SSSR count). The van der Waals surface area contributed by atoms with Crippen molar-refractivity contribution in [1.82, 2.24) is 9.62 Å². The number of rotatable bonds is 5. The van der Waals surface area contributed by atoms with Gasteiger partial charge in [0.05, 0.1) is 11.4 Å². The van der Waals surface area contributed by atoms with E-state index in [0.29, 0.717) is 0 Å². The minimum Gasteiger partial charge on any atom is -0.331 e. The molecule has 1 aliphatic heterocycles. The molecule has 23 heavy (non-hydrogen) atoms. The second-order valence-electron chi connectivity index (χ2n) is 5.36. The van der Waals surface area contributed by atoms with E-state index in [1.54, 1.807) is 12.1 Å². The summed E-state index contributed by atoms with van der Waals surface area (Å²) in [7, 11) is -4.09. The lowest BCUT2D eigenvalue weighted by Gasteiger charge is -2.18. The number of alkyl halides is 2. The number of aryl methyl sites for hydroxylation is 1. The number of hydrogen-bond donors (Lipinski definition) is 1. The highest BCUT2D eigenvalue weighted by molar-refractivity contribution is 7.89. The summed E-state index contributed by atoms with van der Waals surface area (Å²) in [6.07, 6.45) is 1.67. The molecule has 0 spiro atoms. The number of carbonyl (C=O) groups excluding carboxylic acids is 1. The lowest BCUT2D eigenvalue weighted by atomic mass is 10.2. The van der Waals surface area contributed by atoms with Crippen LogP contribution < -0.4 is 4.72 Å². The third-order valence-electron chi connectivity index (χ3n) is 3.74. The first-order valence-electron chi connectivity index (χ1n) is 7.10. The Hall–Kier alpha value is -1.80. The van der Waals surface area contributed by atoms with E-state index in [1.807, 2.05) is 11.6 Å². The number of halogens is 2. The fourth-order valence-electron chi connectivity index (χ4n) is 2.36. The van der Waals surface area contributed by atoms with Crippen LogP contribution in [0, 0.1) is 0 Å². The van der Waals surface area contributed by atoms with Crippen LogP contribution in [0.2, 0.25) is 0 Å². The third kappa shape index (κ3) is 3.76. The summed E-state index contributed by atoms with van der Waals surface area (Å²) in [5.74, 6) is -3.99. The second-order valence-corrected chi connectivity index (χ2v) is 7.07. The Morgan fingerprint density at radius 2 is 2.04 bits per heavy atom. The summed E-state index contributed by atoms with van der Waals surface area (Å²) in [5.41, 5.74) is 0.943. The molecule has 1 amide bonds. The lowest BCUT2D eigenvalue weighted by molar-refractivity contribution is -0.126. The zero-order valence-corrected chi connectivity index (χ0v) is 13.4. The minimum atomic E-state index is -4.09. The topological polar surface area (TPSA) is 66.5 Å². The molecule has 1 saturated heterocycles. The molecule has 1 fully saturated rings. The van der Waals surface area contributed by atoms with E-state index in [2.05, 4.69) is 6.58 Å². The van der Waals surface area contributed by atoms with Crippen molar-refractivity contribution in [2.75, 3.05) is 13.1 Å². The summed E-state index contributed by atoms with van der Waals surface area (Å²) < 4.78 is 54.4. The van der Waals surface area contributed by atoms with Crippen LogP contribution in [0.1, 0.15) is 12.5 Å². The number of nitrogens with zero attached hydrogens (tertiary/aromatic N) is 1. The van der Waals surface area contributed by atoms with Crippen molar-refractivity contribution in [3.63, 3.8) is 0 Å². The van der Waals surface area contributed by atoms with Gasteiger partial charge in [0.2, 0.25) is 15.9 Å². The number of benzene rings is 1. The summed E-state index contributed by atoms with van der Waals surface area (Å²) in [6, 6.07) is 4.35. The minimum absolute atomic E-state index is 0.0843. The van der Waals surface area contributed by atoms with Crippen molar-refractivity contribution in [3.8, 4) is 0 Å². The molecule has 5 nitrogen and oxygen atoms in total. The molecular formula is C15H18F2N2O3S. The molecule has 1 aromatic rings. The third-order valence-corrected chi connectivity index (χ3v) is 5.23. The number of likely N-dealkylation sites (tertiary alicyclic amines) is 1. The van der Waals surface area contributed by atoms with Gasteiger partial charge in [-0.3, -0.25) is 4.79 Å². The maximum atomic E-state index is 14.0. The molecule has 8 heteroatoms. The van der Waals surface area contributed by atoms with Crippen LogP contribution >= 0.6 is 0 Å². The molecule has 1 aliphatic rings. The smallest absolute Gasteiger partial charge is 0.283 e. The van der Waals surface area contributed by atoms with E-state index in [1.165, 1.54) is 12.1 Å². The van der Waals surface area contributed by atoms with Crippen molar-refractivity contribution in [1.29, 1.82) is 0 Å². The highest BCUT2D eigenvalue weighted by Crippen LogP contribution is 2.29. The fourth-order valence-corrected chi connectivity index (χ4v) is 3.62. The standard InChI is InChI=1S/C15H18F2N2O3S/c1-3-11-5-7-12(8-6-11)23(21,22)18-13-9-19(14(20)4-2)10-15(13,16)17/h4-8,13,18H,2-3,9-10H2,1H3. The molecule has 1 N–H and O–H groups in total. The number of nitrogens with one attached hydrogen (secondary N) is 1. The Morgan fingerprint density at radius 3 is 2.57 bits per heavy atom. The van der Waals surface area contributed by atoms with Crippen LogP contribution in [0.4, 0.5) is 8.78 Å². The van der Waals surface area contributed by atoms with E-state index < -0.39 is 41.0 Å². The maximum absolute atomic E-state index is 14.0. The molecule has 1 heterocycles. The number of sulfonamides is 1. The average molecular weight is 344 g/mol. The predicted molar refractivity (Wildman–Crippen MR) is 81.7 cm³/mol. The molecule has 0 aromatic heterocycles. The van der Waals surface area contributed by atoms with Crippen molar-refractivity contribution in [2.45, 2.75) is 30.2 Å². The molecule has 1 atom stereocenters. The van der Waals surface area contributed by atoms with Gasteiger partial charge in [0.25, 0.3) is 5.92 Å². The number of amides is 1. The second kappa shape index (κ2) is 6.37. The van der Waals surface area contributed by atoms with Gasteiger partial charge in [-0.15, -0.1) is 0 Å². The van der Waals surface area contributed by atoms with Gasteiger partial charge in [-0.1, -0.05) is 25.6 Å². The Labute approximate surface area is 134 Å². The van der Waals surface area contributed by atoms with Crippen molar-refractivity contribution < 1.29 is 22.0 Å². The van der Waals surface area contributed by atoms with Gasteiger partial charge in [-0.05, 0) is 30.2 Å². The van der Waals surface area contributed by atoms with Gasteiger partial charge in [-0.2, -0.15) is 0 Å². The molecule has 126 valence electrons. The predicted octanol–water partition coefficient (Wildman–Crippen LogP) is 1.56. The largest absolute Gasteiger partial charge is 0.331 e. The molecule has 0 bridgehead atoms. The van der Waals surface area contributed by atoms with Crippen LogP contribution in [0.5, 0.6) is 0 Å². The van der Waals surface area contributed by atoms with E-state index in [0.717, 1.165) is 23.0 Å². The zero-order valence-electron chi connectivity index (χ0n) is 12.6. The lowest BCUT2D eigenvalue weighted by Crippen LogP contribution is -2.46. The van der Waals surface area contributed by atoms with Crippen molar-refractivity contribution >= 4 is 15.9 Å². The van der Waals surface area contributed by atoms with Gasteiger partial charge >= 0.3 is 0 Å². The van der Waals surface area contributed by atoms with Gasteiger partial charge in [0.1, 0.15) is 6.04 Å². The first kappa shape index (κ1) is 17.6. The van der Waals surface area contributed by atoms with E-state index in [-0.39, 0.29) is 4.90 Å². The fraction of sp³-hybridized carbons (Fsp3) is 0.400. The average Bonchev–Trinajstić information content (AvgIpc) is 2.81. The summed E-state index contributed by atoms with van der Waals surface area (Å²) >= 11 is 0. The van der Waals surface area contributed by atoms with E-state index in [4.69, 9.17) is 0 Å². The summed E-state index contributed by atoms with van der Waals surface area (Å²) in [6.45, 7) is 3.93. The highest BCUT2D eigenvalue weighted by Gasteiger charge is 2.50. The van der Waals surface area contributed by atoms with Crippen LogP contribution in [-0.4, -0.2) is 44.3 Å². The first-order chi connectivity index (χ1) is 10.7. The first-order valence-corrected chi connectivity index (χ1v) is 8.58. The van der Waals surface area contributed by atoms with Crippen LogP contribution in [-0.2, 0) is 21.2 Å². The number of carbonyl (C=O) groups is 1. The van der Waals surface area contributed by atoms with Gasteiger partial charge < -0.3 is 4.90 Å². The summed E-state index contributed by atoms with van der Waals surface area (Å²) in [4.78, 5) is 12.2. The Balaban J connectivity index is 2.19. The van der Waals surface area contributed by atoms with Crippen LogP contribution in [0.3, 0.4) is 0 Å². The zero-order chi connectivity index (χ0) is 17.3. The van der Waals surface area contributed by atoms with Gasteiger partial charge in [-0.25, -0.2) is 21.9 Å². The SMILES string of the molecule is C=CC(=O)N1CC(NS(=O)(=O)c2ccc(CC)cc2)C(F)(F)C1. The number of hydrogen-bond acceptors (Lipinski definition) is 3. The van der Waals surface area contributed by atoms with Crippen LogP contribution in [0.25, 0.3) is 0 Å². The van der Waals surface area contributed by atoms with Crippen molar-refractivity contribution in [3.05, 3.63) is 42.5 Å². The van der Waals surface area contributed by atoms with Crippen molar-refractivity contribution in [2.24, 2.45) is 0 Å². The van der Waals surface area contributed by atoms with E-state index >= 15 is 0 Å². The van der Waals surface area contributed by atoms with Crippen LogP contribution in [0.15, 0.2) is 41.8 Å². The molecule has 0 radical (unpaired) electrons. The van der Waals surface area contributed by atoms with Gasteiger partial charge in [0.15, 0.2) is 0 Å². The Bertz CT molecular complexity index is 702. The normalized spacial score (nSPS) is 20.5. The quantitative estimate of drug-likeness (QED) is 0.825. The highest BCUT2D eigenvalue weighted by atomic mass is 32.2. The molecule has 1 unspecified atom stereocenters. The maximum Gasteiger partial charge on any atom is 0.283 e. The molecule has 0 aliphatic carbocycles.